The Balaban J connectivity index is 1.92. The average Bonchev–Trinajstić information content (AvgIpc) is 2.59. The van der Waals surface area contributed by atoms with E-state index in [2.05, 4.69) is 10.6 Å². The van der Waals surface area contributed by atoms with Crippen molar-refractivity contribution in [1.29, 1.82) is 0 Å². The summed E-state index contributed by atoms with van der Waals surface area (Å²) in [4.78, 5) is 26.2. The van der Waals surface area contributed by atoms with Gasteiger partial charge in [-0.2, -0.15) is 0 Å². The molecule has 5 nitrogen and oxygen atoms in total. The maximum atomic E-state index is 12.4. The molecule has 2 rings (SSSR count). The Morgan fingerprint density at radius 1 is 1.08 bits per heavy atom. The first kappa shape index (κ1) is 20.2. The number of rotatable bonds is 6. The summed E-state index contributed by atoms with van der Waals surface area (Å²) in [6.45, 7) is 3.77. The van der Waals surface area contributed by atoms with Crippen LogP contribution in [0.4, 0.5) is 11.4 Å². The average molecular weight is 394 g/mol. The Morgan fingerprint density at radius 3 is 2.38 bits per heavy atom. The van der Waals surface area contributed by atoms with Gasteiger partial charge >= 0.3 is 0 Å². The molecule has 26 heavy (non-hydrogen) atoms. The van der Waals surface area contributed by atoms with Crippen molar-refractivity contribution in [3.63, 3.8) is 0 Å². The first-order valence-corrected chi connectivity index (χ1v) is 8.84. The third kappa shape index (κ3) is 5.73. The minimum atomic E-state index is -0.534. The molecule has 2 aromatic carbocycles. The van der Waals surface area contributed by atoms with Crippen molar-refractivity contribution >= 4 is 46.4 Å². The molecule has 0 heterocycles. The maximum absolute atomic E-state index is 12.4. The second-order valence-electron chi connectivity index (χ2n) is 6.12. The van der Waals surface area contributed by atoms with Gasteiger partial charge in [0.25, 0.3) is 0 Å². The highest BCUT2D eigenvalue weighted by Crippen LogP contribution is 2.25. The molecular formula is C19H21Cl2N3O2. The molecule has 0 fully saturated rings. The minimum absolute atomic E-state index is 0.0751. The van der Waals surface area contributed by atoms with Crippen molar-refractivity contribution in [3.05, 3.63) is 58.1 Å². The van der Waals surface area contributed by atoms with Crippen LogP contribution in [0.5, 0.6) is 0 Å². The Hall–Kier alpha value is -2.08. The third-order valence-corrected chi connectivity index (χ3v) is 4.52. The number of halogens is 2. The minimum Gasteiger partial charge on any atom is -0.325 e. The summed E-state index contributed by atoms with van der Waals surface area (Å²) in [6.07, 6.45) is 0. The van der Waals surface area contributed by atoms with E-state index in [1.807, 2.05) is 31.2 Å². The molecule has 2 aromatic rings. The van der Waals surface area contributed by atoms with Crippen LogP contribution in [0.2, 0.25) is 10.0 Å². The summed E-state index contributed by atoms with van der Waals surface area (Å²) >= 11 is 12.0. The first-order valence-electron chi connectivity index (χ1n) is 8.09. The van der Waals surface area contributed by atoms with Gasteiger partial charge in [0, 0.05) is 10.7 Å². The van der Waals surface area contributed by atoms with E-state index in [0.717, 1.165) is 11.3 Å². The standard InChI is InChI=1S/C19H21Cl2N3O2/c1-12-4-7-15(8-5-12)22-18(25)11-24(3)13(2)19(26)23-17-10-14(20)6-9-16(17)21/h4-10,13H,11H2,1-3H3,(H,22,25)(H,23,26)/t13-/m0/s1. The highest BCUT2D eigenvalue weighted by Gasteiger charge is 2.21. The van der Waals surface area contributed by atoms with Gasteiger partial charge in [-0.3, -0.25) is 14.5 Å². The number of anilines is 2. The van der Waals surface area contributed by atoms with Crippen molar-refractivity contribution in [2.45, 2.75) is 19.9 Å². The van der Waals surface area contributed by atoms with Gasteiger partial charge in [-0.15, -0.1) is 0 Å². The topological polar surface area (TPSA) is 61.4 Å². The van der Waals surface area contributed by atoms with E-state index in [0.29, 0.717) is 15.7 Å². The molecule has 0 spiro atoms. The van der Waals surface area contributed by atoms with Crippen LogP contribution in [0, 0.1) is 6.92 Å². The second-order valence-corrected chi connectivity index (χ2v) is 6.96. The van der Waals surface area contributed by atoms with Crippen LogP contribution in [0.25, 0.3) is 0 Å². The summed E-state index contributed by atoms with van der Waals surface area (Å²) in [5, 5.41) is 6.41. The van der Waals surface area contributed by atoms with E-state index in [9.17, 15) is 9.59 Å². The maximum Gasteiger partial charge on any atom is 0.241 e. The van der Waals surface area contributed by atoms with Crippen molar-refractivity contribution in [3.8, 4) is 0 Å². The third-order valence-electron chi connectivity index (χ3n) is 3.96. The van der Waals surface area contributed by atoms with Gasteiger partial charge in [0.2, 0.25) is 11.8 Å². The van der Waals surface area contributed by atoms with Gasteiger partial charge in [0.1, 0.15) is 0 Å². The lowest BCUT2D eigenvalue weighted by atomic mass is 10.2. The molecule has 138 valence electrons. The van der Waals surface area contributed by atoms with Crippen LogP contribution in [-0.2, 0) is 9.59 Å². The van der Waals surface area contributed by atoms with E-state index in [-0.39, 0.29) is 18.4 Å². The summed E-state index contributed by atoms with van der Waals surface area (Å²) in [7, 11) is 1.71. The van der Waals surface area contributed by atoms with Gasteiger partial charge in [-0.25, -0.2) is 0 Å². The number of likely N-dealkylation sites (N-methyl/N-ethyl adjacent to an activating group) is 1. The molecule has 0 aliphatic carbocycles. The zero-order valence-corrected chi connectivity index (χ0v) is 16.4. The molecule has 0 radical (unpaired) electrons. The molecule has 0 saturated carbocycles. The molecule has 0 saturated heterocycles. The number of carbonyl (C=O) groups excluding carboxylic acids is 2. The van der Waals surface area contributed by atoms with Crippen molar-refractivity contribution < 1.29 is 9.59 Å². The number of hydrogen-bond acceptors (Lipinski definition) is 3. The Labute approximate surface area is 163 Å². The number of benzene rings is 2. The van der Waals surface area contributed by atoms with Gasteiger partial charge in [-0.05, 0) is 51.2 Å². The van der Waals surface area contributed by atoms with Crippen molar-refractivity contribution in [2.24, 2.45) is 0 Å². The van der Waals surface area contributed by atoms with Crippen LogP contribution in [0.15, 0.2) is 42.5 Å². The Morgan fingerprint density at radius 2 is 1.73 bits per heavy atom. The van der Waals surface area contributed by atoms with E-state index >= 15 is 0 Å². The zero-order valence-electron chi connectivity index (χ0n) is 14.8. The van der Waals surface area contributed by atoms with E-state index < -0.39 is 6.04 Å². The fourth-order valence-corrected chi connectivity index (χ4v) is 2.57. The van der Waals surface area contributed by atoms with Crippen molar-refractivity contribution in [1.82, 2.24) is 4.90 Å². The Bertz CT molecular complexity index is 794. The summed E-state index contributed by atoms with van der Waals surface area (Å²) in [6, 6.07) is 11.8. The van der Waals surface area contributed by atoms with Gasteiger partial charge in [0.05, 0.1) is 23.3 Å². The van der Waals surface area contributed by atoms with E-state index in [1.54, 1.807) is 37.1 Å². The monoisotopic (exact) mass is 393 g/mol. The largest absolute Gasteiger partial charge is 0.325 e. The number of amides is 2. The predicted molar refractivity (Wildman–Crippen MR) is 107 cm³/mol. The second kappa shape index (κ2) is 9.03. The Kier molecular flexibility index (Phi) is 7.03. The fraction of sp³-hybridized carbons (Fsp3) is 0.263. The molecule has 1 atom stereocenters. The first-order chi connectivity index (χ1) is 12.3. The normalized spacial score (nSPS) is 11.9. The number of aryl methyl sites for hydroxylation is 1. The zero-order chi connectivity index (χ0) is 19.3. The van der Waals surface area contributed by atoms with E-state index in [1.165, 1.54) is 0 Å². The molecule has 0 bridgehead atoms. The smallest absolute Gasteiger partial charge is 0.241 e. The van der Waals surface area contributed by atoms with Crippen LogP contribution < -0.4 is 10.6 Å². The number of hydrogen-bond donors (Lipinski definition) is 2. The SMILES string of the molecule is Cc1ccc(NC(=O)CN(C)[C@@H](C)C(=O)Nc2cc(Cl)ccc2Cl)cc1. The quantitative estimate of drug-likeness (QED) is 0.772. The van der Waals surface area contributed by atoms with Gasteiger partial charge in [0.15, 0.2) is 0 Å². The number of nitrogens with one attached hydrogen (secondary N) is 2. The lowest BCUT2D eigenvalue weighted by molar-refractivity contribution is -0.122. The molecule has 0 aromatic heterocycles. The lowest BCUT2D eigenvalue weighted by Gasteiger charge is -2.23. The van der Waals surface area contributed by atoms with Crippen LogP contribution in [0.3, 0.4) is 0 Å². The molecule has 0 aliphatic rings. The predicted octanol–water partition coefficient (Wildman–Crippen LogP) is 4.20. The van der Waals surface area contributed by atoms with Crippen LogP contribution in [-0.4, -0.2) is 36.3 Å². The lowest BCUT2D eigenvalue weighted by Crippen LogP contribution is -2.43. The molecule has 7 heteroatoms. The molecular weight excluding hydrogens is 373 g/mol. The summed E-state index contributed by atoms with van der Waals surface area (Å²) in [5.41, 5.74) is 2.27. The molecule has 2 amide bonds. The molecule has 0 aliphatic heterocycles. The highest BCUT2D eigenvalue weighted by molar-refractivity contribution is 6.35. The van der Waals surface area contributed by atoms with Gasteiger partial charge in [-0.1, -0.05) is 40.9 Å². The number of nitrogens with zero attached hydrogens (tertiary/aromatic N) is 1. The summed E-state index contributed by atoms with van der Waals surface area (Å²) < 4.78 is 0. The number of carbonyl (C=O) groups is 2. The molecule has 2 N–H and O–H groups in total. The molecule has 0 unspecified atom stereocenters. The van der Waals surface area contributed by atoms with Crippen molar-refractivity contribution in [2.75, 3.05) is 24.2 Å². The highest BCUT2D eigenvalue weighted by atomic mass is 35.5. The van der Waals surface area contributed by atoms with Crippen LogP contribution >= 0.6 is 23.2 Å². The fourth-order valence-electron chi connectivity index (χ4n) is 2.23. The van der Waals surface area contributed by atoms with Gasteiger partial charge < -0.3 is 10.6 Å². The summed E-state index contributed by atoms with van der Waals surface area (Å²) in [5.74, 6) is -0.475. The van der Waals surface area contributed by atoms with E-state index in [4.69, 9.17) is 23.2 Å². The van der Waals surface area contributed by atoms with Crippen LogP contribution in [0.1, 0.15) is 12.5 Å².